The number of likely N-dealkylation sites (tertiary alicyclic amines) is 1. The zero-order chi connectivity index (χ0) is 19.9. The Morgan fingerprint density at radius 2 is 1.86 bits per heavy atom. The van der Waals surface area contributed by atoms with E-state index < -0.39 is 0 Å². The molecule has 2 atom stereocenters. The molecule has 2 aliphatic heterocycles. The molecule has 3 rings (SSSR count). The highest BCUT2D eigenvalue weighted by molar-refractivity contribution is 6.04. The van der Waals surface area contributed by atoms with Gasteiger partial charge in [0.05, 0.1) is 5.71 Å². The van der Waals surface area contributed by atoms with Gasteiger partial charge in [-0.3, -0.25) is 9.59 Å². The molecule has 2 unspecified atom stereocenters. The van der Waals surface area contributed by atoms with Gasteiger partial charge in [-0.05, 0) is 36.8 Å². The van der Waals surface area contributed by atoms with E-state index in [0.29, 0.717) is 19.4 Å². The van der Waals surface area contributed by atoms with Crippen LogP contribution >= 0.6 is 0 Å². The number of carbonyl (C=O) groups excluding carboxylic acids is 2. The number of benzene rings is 1. The lowest BCUT2D eigenvalue weighted by molar-refractivity contribution is -0.136. The van der Waals surface area contributed by atoms with Gasteiger partial charge in [0.25, 0.3) is 0 Å². The number of hydrogen-bond donors (Lipinski definition) is 1. The van der Waals surface area contributed by atoms with Gasteiger partial charge in [-0.2, -0.15) is 5.10 Å². The Labute approximate surface area is 168 Å². The monoisotopic (exact) mass is 384 g/mol. The maximum atomic E-state index is 12.3. The number of carbonyl (C=O) groups is 2. The van der Waals surface area contributed by atoms with Gasteiger partial charge in [-0.25, -0.2) is 5.01 Å². The fourth-order valence-corrected chi connectivity index (χ4v) is 4.26. The number of hydrogen-bond acceptors (Lipinski definition) is 4. The summed E-state index contributed by atoms with van der Waals surface area (Å²) in [7, 11) is 0. The predicted octanol–water partition coefficient (Wildman–Crippen LogP) is 2.50. The van der Waals surface area contributed by atoms with E-state index in [4.69, 9.17) is 0 Å². The molecule has 28 heavy (non-hydrogen) atoms. The molecule has 6 heteroatoms. The first kappa shape index (κ1) is 20.5. The van der Waals surface area contributed by atoms with Gasteiger partial charge in [0.15, 0.2) is 0 Å². The first-order valence-electron chi connectivity index (χ1n) is 10.4. The Bertz CT molecular complexity index is 694. The molecule has 1 fully saturated rings. The molecule has 0 saturated carbocycles. The third-order valence-corrected chi connectivity index (χ3v) is 5.42. The summed E-state index contributed by atoms with van der Waals surface area (Å²) in [5.74, 6) is 1.26. The summed E-state index contributed by atoms with van der Waals surface area (Å²) in [6.45, 7) is 8.56. The molecule has 1 aromatic rings. The second-order valence-electron chi connectivity index (χ2n) is 8.27. The molecular weight excluding hydrogens is 352 g/mol. The van der Waals surface area contributed by atoms with Crippen LogP contribution in [0.25, 0.3) is 0 Å². The summed E-state index contributed by atoms with van der Waals surface area (Å²) in [5, 5.41) is 8.68. The molecule has 6 nitrogen and oxygen atoms in total. The molecule has 1 N–H and O–H groups in total. The quantitative estimate of drug-likeness (QED) is 0.735. The van der Waals surface area contributed by atoms with Crippen LogP contribution in [0, 0.1) is 11.8 Å². The summed E-state index contributed by atoms with van der Waals surface area (Å²) >= 11 is 0. The fourth-order valence-electron chi connectivity index (χ4n) is 4.26. The zero-order valence-corrected chi connectivity index (χ0v) is 17.1. The topological polar surface area (TPSA) is 65.0 Å². The van der Waals surface area contributed by atoms with Crippen molar-refractivity contribution < 1.29 is 9.59 Å². The number of amides is 2. The Morgan fingerprint density at radius 3 is 2.57 bits per heavy atom. The number of piperidine rings is 1. The summed E-state index contributed by atoms with van der Waals surface area (Å²) in [5.41, 5.74) is 1.87. The minimum atomic E-state index is -0.146. The van der Waals surface area contributed by atoms with Crippen molar-refractivity contribution in [2.24, 2.45) is 16.9 Å². The van der Waals surface area contributed by atoms with E-state index in [0.717, 1.165) is 49.2 Å². The zero-order valence-electron chi connectivity index (χ0n) is 17.1. The van der Waals surface area contributed by atoms with Crippen LogP contribution in [0.5, 0.6) is 0 Å². The van der Waals surface area contributed by atoms with Crippen molar-refractivity contribution in [3.63, 3.8) is 0 Å². The Morgan fingerprint density at radius 1 is 1.14 bits per heavy atom. The minimum Gasteiger partial charge on any atom is -0.354 e. The van der Waals surface area contributed by atoms with Gasteiger partial charge in [-0.1, -0.05) is 44.2 Å². The van der Waals surface area contributed by atoms with Gasteiger partial charge < -0.3 is 10.2 Å². The van der Waals surface area contributed by atoms with Crippen molar-refractivity contribution in [2.75, 3.05) is 32.7 Å². The van der Waals surface area contributed by atoms with Crippen LogP contribution in [0.15, 0.2) is 35.4 Å². The third-order valence-electron chi connectivity index (χ3n) is 5.42. The van der Waals surface area contributed by atoms with Crippen molar-refractivity contribution >= 4 is 17.5 Å². The van der Waals surface area contributed by atoms with Gasteiger partial charge in [0, 0.05) is 32.5 Å². The molecule has 152 valence electrons. The van der Waals surface area contributed by atoms with E-state index in [1.807, 2.05) is 30.3 Å². The number of nitrogens with zero attached hydrogens (tertiary/aromatic N) is 3. The summed E-state index contributed by atoms with van der Waals surface area (Å²) in [4.78, 5) is 26.9. The third kappa shape index (κ3) is 5.89. The maximum absolute atomic E-state index is 12.3. The minimum absolute atomic E-state index is 0.00699. The van der Waals surface area contributed by atoms with Gasteiger partial charge in [0.2, 0.25) is 11.8 Å². The lowest BCUT2D eigenvalue weighted by Crippen LogP contribution is -2.42. The van der Waals surface area contributed by atoms with Crippen molar-refractivity contribution in [1.82, 2.24) is 15.2 Å². The van der Waals surface area contributed by atoms with Gasteiger partial charge in [-0.15, -0.1) is 0 Å². The maximum Gasteiger partial charge on any atom is 0.243 e. The molecule has 0 radical (unpaired) electrons. The van der Waals surface area contributed by atoms with E-state index in [-0.39, 0.29) is 18.4 Å². The Hall–Kier alpha value is -2.21. The van der Waals surface area contributed by atoms with E-state index in [2.05, 4.69) is 29.2 Å². The highest BCUT2D eigenvalue weighted by Crippen LogP contribution is 2.20. The van der Waals surface area contributed by atoms with E-state index >= 15 is 0 Å². The molecule has 2 amide bonds. The Balaban J connectivity index is 1.43. The number of rotatable bonds is 7. The SMILES string of the molecule is CC1CC(C)CN(CCCNC(=O)CN2N=C(c3ccccc3)CCC2=O)C1. The molecule has 0 bridgehead atoms. The van der Waals surface area contributed by atoms with Crippen LogP contribution in [-0.2, 0) is 9.59 Å². The van der Waals surface area contributed by atoms with Crippen molar-refractivity contribution in [2.45, 2.75) is 39.5 Å². The van der Waals surface area contributed by atoms with E-state index in [9.17, 15) is 9.59 Å². The predicted molar refractivity (Wildman–Crippen MR) is 111 cm³/mol. The van der Waals surface area contributed by atoms with E-state index in [1.54, 1.807) is 0 Å². The molecule has 0 aromatic heterocycles. The van der Waals surface area contributed by atoms with Crippen LogP contribution in [0.4, 0.5) is 0 Å². The lowest BCUT2D eigenvalue weighted by atomic mass is 9.92. The smallest absolute Gasteiger partial charge is 0.243 e. The molecule has 0 spiro atoms. The fraction of sp³-hybridized carbons (Fsp3) is 0.591. The van der Waals surface area contributed by atoms with E-state index in [1.165, 1.54) is 11.4 Å². The first-order chi connectivity index (χ1) is 13.5. The lowest BCUT2D eigenvalue weighted by Gasteiger charge is -2.34. The Kier molecular flexibility index (Phi) is 7.20. The second-order valence-corrected chi connectivity index (χ2v) is 8.27. The standard InChI is InChI=1S/C22H32N4O2/c1-17-13-18(2)15-25(14-17)12-6-11-23-21(27)16-26-22(28)10-9-20(24-26)19-7-4-3-5-8-19/h3-5,7-8,17-18H,6,9-16H2,1-2H3,(H,23,27). The first-order valence-corrected chi connectivity index (χ1v) is 10.4. The van der Waals surface area contributed by atoms with Crippen molar-refractivity contribution in [3.8, 4) is 0 Å². The average Bonchev–Trinajstić information content (AvgIpc) is 2.67. The second kappa shape index (κ2) is 9.82. The van der Waals surface area contributed by atoms with Crippen LogP contribution in [0.3, 0.4) is 0 Å². The van der Waals surface area contributed by atoms with Crippen molar-refractivity contribution in [3.05, 3.63) is 35.9 Å². The highest BCUT2D eigenvalue weighted by atomic mass is 16.2. The van der Waals surface area contributed by atoms with Gasteiger partial charge >= 0.3 is 0 Å². The molecule has 0 aliphatic carbocycles. The number of hydrazone groups is 1. The molecule has 1 saturated heterocycles. The van der Waals surface area contributed by atoms with Crippen molar-refractivity contribution in [1.29, 1.82) is 0 Å². The van der Waals surface area contributed by atoms with Crippen LogP contribution in [0.2, 0.25) is 0 Å². The summed E-state index contributed by atoms with van der Waals surface area (Å²) in [6.07, 6.45) is 3.25. The normalized spacial score (nSPS) is 23.4. The van der Waals surface area contributed by atoms with Crippen LogP contribution in [0.1, 0.15) is 45.1 Å². The van der Waals surface area contributed by atoms with Crippen LogP contribution in [-0.4, -0.2) is 60.2 Å². The molecule has 1 aromatic carbocycles. The summed E-state index contributed by atoms with van der Waals surface area (Å²) in [6, 6.07) is 9.82. The average molecular weight is 385 g/mol. The molecule has 2 heterocycles. The molecule has 2 aliphatic rings. The van der Waals surface area contributed by atoms with Crippen LogP contribution < -0.4 is 5.32 Å². The van der Waals surface area contributed by atoms with Gasteiger partial charge in [0.1, 0.15) is 6.54 Å². The highest BCUT2D eigenvalue weighted by Gasteiger charge is 2.24. The summed E-state index contributed by atoms with van der Waals surface area (Å²) < 4.78 is 0. The molecular formula is C22H32N4O2. The largest absolute Gasteiger partial charge is 0.354 e. The number of nitrogens with one attached hydrogen (secondary N) is 1.